The van der Waals surface area contributed by atoms with E-state index >= 15 is 0 Å². The molecule has 2 heterocycles. The van der Waals surface area contributed by atoms with E-state index < -0.39 is 0 Å². The first-order chi connectivity index (χ1) is 9.65. The lowest BCUT2D eigenvalue weighted by molar-refractivity contribution is 0.636. The average molecular weight is 293 g/mol. The van der Waals surface area contributed by atoms with Gasteiger partial charge < -0.3 is 5.32 Å². The zero-order valence-electron chi connectivity index (χ0n) is 12.7. The summed E-state index contributed by atoms with van der Waals surface area (Å²) in [4.78, 5) is 9.26. The maximum Gasteiger partial charge on any atom is 0.163 e. The highest BCUT2D eigenvalue weighted by Gasteiger charge is 2.11. The highest BCUT2D eigenvalue weighted by atomic mass is 32.2. The summed E-state index contributed by atoms with van der Waals surface area (Å²) in [5, 5.41) is 8.56. The minimum Gasteiger partial charge on any atom is -0.370 e. The lowest BCUT2D eigenvalue weighted by Gasteiger charge is -2.09. The molecule has 0 fully saturated rings. The molecule has 5 nitrogen and oxygen atoms in total. The van der Waals surface area contributed by atoms with Gasteiger partial charge in [-0.3, -0.25) is 4.68 Å². The van der Waals surface area contributed by atoms with Crippen molar-refractivity contribution in [3.8, 4) is 0 Å². The molecular formula is C14H23N5S. The van der Waals surface area contributed by atoms with Crippen molar-refractivity contribution in [2.24, 2.45) is 13.0 Å². The Kier molecular flexibility index (Phi) is 5.23. The number of hydrogen-bond donors (Lipinski definition) is 1. The smallest absolute Gasteiger partial charge is 0.163 e. The number of aromatic nitrogens is 4. The van der Waals surface area contributed by atoms with Gasteiger partial charge in [-0.15, -0.1) is 0 Å². The van der Waals surface area contributed by atoms with Crippen LogP contribution in [0.1, 0.15) is 33.0 Å². The first kappa shape index (κ1) is 15.1. The zero-order valence-corrected chi connectivity index (χ0v) is 13.5. The Labute approximate surface area is 124 Å². The molecule has 0 aliphatic heterocycles. The molecule has 0 aromatic carbocycles. The normalized spacial score (nSPS) is 12.8. The molecule has 0 aliphatic rings. The van der Waals surface area contributed by atoms with Crippen molar-refractivity contribution in [3.63, 3.8) is 0 Å². The highest BCUT2D eigenvalue weighted by Crippen LogP contribution is 2.22. The maximum absolute atomic E-state index is 4.63. The van der Waals surface area contributed by atoms with Gasteiger partial charge in [0, 0.05) is 13.6 Å². The fourth-order valence-electron chi connectivity index (χ4n) is 1.90. The Balaban J connectivity index is 2.18. The molecule has 0 aliphatic carbocycles. The second kappa shape index (κ2) is 6.92. The van der Waals surface area contributed by atoms with Gasteiger partial charge in [0.2, 0.25) is 0 Å². The van der Waals surface area contributed by atoms with Crippen molar-refractivity contribution in [1.82, 2.24) is 19.7 Å². The van der Waals surface area contributed by atoms with Crippen molar-refractivity contribution < 1.29 is 0 Å². The van der Waals surface area contributed by atoms with Crippen LogP contribution >= 0.6 is 11.8 Å². The van der Waals surface area contributed by atoms with Crippen LogP contribution in [0.2, 0.25) is 0 Å². The standard InChI is InChI=1S/C14H23N5S/c1-5-10(3)8-20-9-12-17-13(15-6-2)11-7-16-19(4)14(11)18-12/h7,10H,5-6,8-9H2,1-4H3,(H,15,17,18). The third-order valence-electron chi connectivity index (χ3n) is 3.31. The summed E-state index contributed by atoms with van der Waals surface area (Å²) < 4.78 is 1.81. The van der Waals surface area contributed by atoms with E-state index in [4.69, 9.17) is 0 Å². The summed E-state index contributed by atoms with van der Waals surface area (Å²) in [6.45, 7) is 7.43. The van der Waals surface area contributed by atoms with Crippen LogP contribution in [-0.4, -0.2) is 32.0 Å². The van der Waals surface area contributed by atoms with Crippen molar-refractivity contribution in [2.45, 2.75) is 32.9 Å². The van der Waals surface area contributed by atoms with E-state index in [2.05, 4.69) is 41.2 Å². The van der Waals surface area contributed by atoms with Crippen LogP contribution in [0.4, 0.5) is 5.82 Å². The minimum absolute atomic E-state index is 0.744. The van der Waals surface area contributed by atoms with Gasteiger partial charge in [0.15, 0.2) is 5.65 Å². The van der Waals surface area contributed by atoms with E-state index in [-0.39, 0.29) is 0 Å². The summed E-state index contributed by atoms with van der Waals surface area (Å²) in [5.41, 5.74) is 0.898. The van der Waals surface area contributed by atoms with Crippen molar-refractivity contribution in [3.05, 3.63) is 12.0 Å². The molecule has 1 unspecified atom stereocenters. The largest absolute Gasteiger partial charge is 0.370 e. The first-order valence-electron chi connectivity index (χ1n) is 7.15. The van der Waals surface area contributed by atoms with Gasteiger partial charge in [-0.25, -0.2) is 9.97 Å². The fourth-order valence-corrected chi connectivity index (χ4v) is 2.97. The van der Waals surface area contributed by atoms with Crippen LogP contribution in [-0.2, 0) is 12.8 Å². The van der Waals surface area contributed by atoms with Crippen LogP contribution in [0.3, 0.4) is 0 Å². The molecule has 20 heavy (non-hydrogen) atoms. The number of nitrogens with zero attached hydrogens (tertiary/aromatic N) is 4. The van der Waals surface area contributed by atoms with Crippen LogP contribution in [0.15, 0.2) is 6.20 Å². The van der Waals surface area contributed by atoms with E-state index in [1.165, 1.54) is 6.42 Å². The summed E-state index contributed by atoms with van der Waals surface area (Å²) in [5.74, 6) is 4.52. The molecule has 0 spiro atoms. The molecule has 110 valence electrons. The Morgan fingerprint density at radius 1 is 1.35 bits per heavy atom. The number of anilines is 1. The van der Waals surface area contributed by atoms with E-state index in [1.807, 2.05) is 25.0 Å². The molecule has 1 N–H and O–H groups in total. The van der Waals surface area contributed by atoms with Gasteiger partial charge in [0.05, 0.1) is 17.3 Å². The Morgan fingerprint density at radius 3 is 2.85 bits per heavy atom. The number of fused-ring (bicyclic) bond motifs is 1. The Hall–Kier alpha value is -1.30. The van der Waals surface area contributed by atoms with Gasteiger partial charge in [0.25, 0.3) is 0 Å². The van der Waals surface area contributed by atoms with Gasteiger partial charge >= 0.3 is 0 Å². The minimum atomic E-state index is 0.744. The number of rotatable bonds is 7. The van der Waals surface area contributed by atoms with Crippen LogP contribution in [0, 0.1) is 5.92 Å². The quantitative estimate of drug-likeness (QED) is 0.850. The maximum atomic E-state index is 4.63. The highest BCUT2D eigenvalue weighted by molar-refractivity contribution is 7.98. The molecular weight excluding hydrogens is 270 g/mol. The molecule has 0 saturated carbocycles. The Bertz CT molecular complexity index is 566. The first-order valence-corrected chi connectivity index (χ1v) is 8.31. The molecule has 2 aromatic rings. The topological polar surface area (TPSA) is 55.6 Å². The predicted octanol–water partition coefficient (Wildman–Crippen LogP) is 3.07. The molecule has 6 heteroatoms. The summed E-state index contributed by atoms with van der Waals surface area (Å²) in [7, 11) is 1.92. The molecule has 2 rings (SSSR count). The van der Waals surface area contributed by atoms with Crippen molar-refractivity contribution in [2.75, 3.05) is 17.6 Å². The Morgan fingerprint density at radius 2 is 2.15 bits per heavy atom. The molecule has 2 aromatic heterocycles. The monoisotopic (exact) mass is 293 g/mol. The SMILES string of the molecule is CCNc1nc(CSCC(C)CC)nc2c1cnn2C. The van der Waals surface area contributed by atoms with Crippen LogP contribution < -0.4 is 5.32 Å². The van der Waals surface area contributed by atoms with Crippen LogP contribution in [0.25, 0.3) is 11.0 Å². The van der Waals surface area contributed by atoms with E-state index in [9.17, 15) is 0 Å². The van der Waals surface area contributed by atoms with Gasteiger partial charge in [-0.1, -0.05) is 20.3 Å². The number of aryl methyl sites for hydroxylation is 1. The number of thioether (sulfide) groups is 1. The fraction of sp³-hybridized carbons (Fsp3) is 0.643. The number of nitrogens with one attached hydrogen (secondary N) is 1. The third-order valence-corrected chi connectivity index (χ3v) is 4.58. The lowest BCUT2D eigenvalue weighted by atomic mass is 10.2. The summed E-state index contributed by atoms with van der Waals surface area (Å²) >= 11 is 1.90. The molecule has 0 amide bonds. The average Bonchev–Trinajstić information content (AvgIpc) is 2.81. The summed E-state index contributed by atoms with van der Waals surface area (Å²) in [6, 6.07) is 0. The van der Waals surface area contributed by atoms with E-state index in [0.29, 0.717) is 0 Å². The van der Waals surface area contributed by atoms with Crippen molar-refractivity contribution >= 4 is 28.6 Å². The van der Waals surface area contributed by atoms with Gasteiger partial charge in [0.1, 0.15) is 11.6 Å². The van der Waals surface area contributed by atoms with E-state index in [0.717, 1.165) is 46.6 Å². The predicted molar refractivity (Wildman–Crippen MR) is 86.1 cm³/mol. The van der Waals surface area contributed by atoms with E-state index in [1.54, 1.807) is 4.68 Å². The molecule has 0 bridgehead atoms. The molecule has 1 atom stereocenters. The van der Waals surface area contributed by atoms with Gasteiger partial charge in [-0.2, -0.15) is 16.9 Å². The van der Waals surface area contributed by atoms with Gasteiger partial charge in [-0.05, 0) is 18.6 Å². The van der Waals surface area contributed by atoms with Crippen LogP contribution in [0.5, 0.6) is 0 Å². The lowest BCUT2D eigenvalue weighted by Crippen LogP contribution is -2.05. The second-order valence-electron chi connectivity index (χ2n) is 5.05. The molecule has 0 radical (unpaired) electrons. The number of hydrogen-bond acceptors (Lipinski definition) is 5. The second-order valence-corrected chi connectivity index (χ2v) is 6.08. The van der Waals surface area contributed by atoms with Crippen molar-refractivity contribution in [1.29, 1.82) is 0 Å². The third kappa shape index (κ3) is 3.42. The zero-order chi connectivity index (χ0) is 14.5. The molecule has 0 saturated heterocycles. The summed E-state index contributed by atoms with van der Waals surface area (Å²) in [6.07, 6.45) is 3.04.